The molecule has 2 aliphatic carbocycles. The van der Waals surface area contributed by atoms with E-state index in [1.165, 1.54) is 27.9 Å². The number of benzene rings is 3. The van der Waals surface area contributed by atoms with E-state index in [4.69, 9.17) is 9.47 Å². The van der Waals surface area contributed by atoms with Crippen LogP contribution in [0.2, 0.25) is 0 Å². The van der Waals surface area contributed by atoms with Gasteiger partial charge in [0, 0.05) is 42.8 Å². The zero-order valence-corrected chi connectivity index (χ0v) is 22.3. The number of ether oxygens (including phenoxy) is 2. The predicted molar refractivity (Wildman–Crippen MR) is 148 cm³/mol. The molecule has 2 saturated carbocycles. The first-order valence-electron chi connectivity index (χ1n) is 14.3. The molecule has 0 bridgehead atoms. The Morgan fingerprint density at radius 2 is 1.87 bits per heavy atom. The Kier molecular flexibility index (Phi) is 4.82. The van der Waals surface area contributed by atoms with Crippen LogP contribution in [0.5, 0.6) is 11.5 Å². The molecule has 0 radical (unpaired) electrons. The van der Waals surface area contributed by atoms with E-state index in [0.29, 0.717) is 5.92 Å². The summed E-state index contributed by atoms with van der Waals surface area (Å²) in [7, 11) is 1.73. The number of rotatable bonds is 5. The molecular weight excluding hydrogens is 472 g/mol. The number of methoxy groups -OCH3 is 1. The molecule has 1 N–H and O–H groups in total. The summed E-state index contributed by atoms with van der Waals surface area (Å²) in [5.41, 5.74) is 5.37. The molecule has 3 aromatic rings. The SMILES string of the molecule is COc1ccc(C)c2c1O[C@H]1[C@H](N3CCc4ccccc43)CC[C@@]3(O)[C@H]4C(CN4CCc4ccccc4)[C@]213. The van der Waals surface area contributed by atoms with Gasteiger partial charge in [-0.15, -0.1) is 0 Å². The molecule has 8 rings (SSSR count). The minimum absolute atomic E-state index is 0.0880. The topological polar surface area (TPSA) is 45.2 Å². The number of anilines is 1. The summed E-state index contributed by atoms with van der Waals surface area (Å²) in [4.78, 5) is 5.13. The third-order valence-corrected chi connectivity index (χ3v) is 10.7. The average molecular weight is 509 g/mol. The summed E-state index contributed by atoms with van der Waals surface area (Å²) in [5, 5.41) is 12.8. The van der Waals surface area contributed by atoms with E-state index in [0.717, 1.165) is 56.8 Å². The number of piperidine rings is 1. The molecule has 38 heavy (non-hydrogen) atoms. The molecule has 3 aliphatic heterocycles. The Labute approximate surface area is 225 Å². The molecule has 0 aromatic heterocycles. The van der Waals surface area contributed by atoms with Crippen LogP contribution in [0.25, 0.3) is 0 Å². The highest BCUT2D eigenvalue weighted by molar-refractivity contribution is 5.66. The molecule has 6 atom stereocenters. The number of para-hydroxylation sites is 1. The predicted octanol–water partition coefficient (Wildman–Crippen LogP) is 4.52. The van der Waals surface area contributed by atoms with Gasteiger partial charge < -0.3 is 19.5 Å². The maximum Gasteiger partial charge on any atom is 0.166 e. The Morgan fingerprint density at radius 1 is 1.05 bits per heavy atom. The Bertz CT molecular complexity index is 1410. The van der Waals surface area contributed by atoms with Gasteiger partial charge in [-0.05, 0) is 61.4 Å². The van der Waals surface area contributed by atoms with Crippen LogP contribution < -0.4 is 14.4 Å². The largest absolute Gasteiger partial charge is 0.493 e. The zero-order valence-electron chi connectivity index (χ0n) is 22.3. The van der Waals surface area contributed by atoms with Crippen LogP contribution in [0.3, 0.4) is 0 Å². The lowest BCUT2D eigenvalue weighted by molar-refractivity contribution is -0.316. The quantitative estimate of drug-likeness (QED) is 0.549. The van der Waals surface area contributed by atoms with Gasteiger partial charge in [-0.2, -0.15) is 0 Å². The standard InChI is InChI=1S/C33H36N2O3/c1-21-12-13-27(37-2)29-28(21)33-24-20-34(18-15-22-8-4-3-5-9-22)30(24)32(33,36)17-14-26(31(33)38-29)35-19-16-23-10-6-7-11-25(23)35/h3-13,24,26,30-31,36H,14-20H2,1-2H3/t24?,26-,30-,31+,32-,33+/m1/s1. The normalized spacial score (nSPS) is 34.1. The molecule has 1 saturated heterocycles. The highest BCUT2D eigenvalue weighted by atomic mass is 16.5. The Balaban J connectivity index is 1.19. The van der Waals surface area contributed by atoms with Gasteiger partial charge in [0.1, 0.15) is 6.10 Å². The van der Waals surface area contributed by atoms with Crippen LogP contribution in [-0.2, 0) is 18.3 Å². The number of fused-ring (bicyclic) bond motifs is 4. The monoisotopic (exact) mass is 508 g/mol. The second kappa shape index (κ2) is 8.00. The zero-order chi connectivity index (χ0) is 25.6. The molecule has 0 amide bonds. The van der Waals surface area contributed by atoms with E-state index in [1.54, 1.807) is 7.11 Å². The van der Waals surface area contributed by atoms with Crippen LogP contribution in [0.15, 0.2) is 66.7 Å². The van der Waals surface area contributed by atoms with Crippen molar-refractivity contribution in [3.05, 3.63) is 89.0 Å². The first-order chi connectivity index (χ1) is 18.6. The number of aliphatic hydroxyl groups is 1. The van der Waals surface area contributed by atoms with Gasteiger partial charge in [0.05, 0.1) is 24.2 Å². The lowest BCUT2D eigenvalue weighted by Crippen LogP contribution is -2.92. The van der Waals surface area contributed by atoms with Crippen molar-refractivity contribution in [2.24, 2.45) is 5.92 Å². The number of nitrogens with zero attached hydrogens (tertiary/aromatic N) is 2. The first kappa shape index (κ1) is 22.9. The maximum atomic E-state index is 12.8. The number of hydrogen-bond acceptors (Lipinski definition) is 5. The van der Waals surface area contributed by atoms with Crippen LogP contribution in [0.4, 0.5) is 5.69 Å². The highest BCUT2D eigenvalue weighted by Gasteiger charge is 2.85. The molecule has 3 fully saturated rings. The Morgan fingerprint density at radius 3 is 2.71 bits per heavy atom. The fourth-order valence-corrected chi connectivity index (χ4v) is 9.19. The maximum absolute atomic E-state index is 12.8. The summed E-state index contributed by atoms with van der Waals surface area (Å²) < 4.78 is 12.8. The molecule has 1 spiro atoms. The van der Waals surface area contributed by atoms with E-state index in [1.807, 2.05) is 6.07 Å². The molecule has 3 aromatic carbocycles. The van der Waals surface area contributed by atoms with Gasteiger partial charge >= 0.3 is 0 Å². The van der Waals surface area contributed by atoms with E-state index in [-0.39, 0.29) is 18.2 Å². The molecule has 1 unspecified atom stereocenters. The smallest absolute Gasteiger partial charge is 0.166 e. The van der Waals surface area contributed by atoms with Gasteiger partial charge in [0.15, 0.2) is 11.5 Å². The van der Waals surface area contributed by atoms with Crippen molar-refractivity contribution in [3.8, 4) is 11.5 Å². The van der Waals surface area contributed by atoms with Gasteiger partial charge in [-0.25, -0.2) is 0 Å². The van der Waals surface area contributed by atoms with E-state index in [9.17, 15) is 5.11 Å². The van der Waals surface area contributed by atoms with E-state index >= 15 is 0 Å². The van der Waals surface area contributed by atoms with Gasteiger partial charge in [0.25, 0.3) is 0 Å². The van der Waals surface area contributed by atoms with Crippen molar-refractivity contribution in [2.45, 2.75) is 61.8 Å². The Hall–Kier alpha value is -3.02. The highest BCUT2D eigenvalue weighted by Crippen LogP contribution is 2.73. The summed E-state index contributed by atoms with van der Waals surface area (Å²) in [5.74, 6) is 2.05. The fraction of sp³-hybridized carbons (Fsp3) is 0.455. The second-order valence-corrected chi connectivity index (χ2v) is 12.1. The van der Waals surface area contributed by atoms with E-state index < -0.39 is 11.0 Å². The summed E-state index contributed by atoms with van der Waals surface area (Å²) in [6, 6.07) is 24.2. The first-order valence-corrected chi connectivity index (χ1v) is 14.3. The minimum atomic E-state index is -0.796. The van der Waals surface area contributed by atoms with E-state index in [2.05, 4.69) is 77.4 Å². The van der Waals surface area contributed by atoms with Crippen molar-refractivity contribution in [2.75, 3.05) is 31.6 Å². The third-order valence-electron chi connectivity index (χ3n) is 10.7. The van der Waals surface area contributed by atoms with Gasteiger partial charge in [-0.3, -0.25) is 4.90 Å². The third kappa shape index (κ3) is 2.69. The molecule has 5 heteroatoms. The summed E-state index contributed by atoms with van der Waals surface area (Å²) in [6.07, 6.45) is 3.74. The lowest BCUT2D eigenvalue weighted by atomic mass is 9.35. The molecule has 5 nitrogen and oxygen atoms in total. The molecule has 3 heterocycles. The average Bonchev–Trinajstić information content (AvgIpc) is 3.51. The molecule has 5 aliphatic rings. The molecular formula is C33H36N2O3. The van der Waals surface area contributed by atoms with Gasteiger partial charge in [0.2, 0.25) is 0 Å². The van der Waals surface area contributed by atoms with Gasteiger partial charge in [-0.1, -0.05) is 54.6 Å². The number of hydrogen-bond donors (Lipinski definition) is 1. The van der Waals surface area contributed by atoms with Crippen LogP contribution >= 0.6 is 0 Å². The van der Waals surface area contributed by atoms with Crippen LogP contribution in [-0.4, -0.2) is 60.5 Å². The van der Waals surface area contributed by atoms with Crippen molar-refractivity contribution in [1.29, 1.82) is 0 Å². The molecule has 196 valence electrons. The van der Waals surface area contributed by atoms with Crippen molar-refractivity contribution in [1.82, 2.24) is 4.90 Å². The van der Waals surface area contributed by atoms with Crippen molar-refractivity contribution in [3.63, 3.8) is 0 Å². The lowest BCUT2D eigenvalue weighted by Gasteiger charge is -2.78. The summed E-state index contributed by atoms with van der Waals surface area (Å²) >= 11 is 0. The van der Waals surface area contributed by atoms with Crippen molar-refractivity contribution < 1.29 is 14.6 Å². The fourth-order valence-electron chi connectivity index (χ4n) is 9.19. The minimum Gasteiger partial charge on any atom is -0.493 e. The second-order valence-electron chi connectivity index (χ2n) is 12.1. The summed E-state index contributed by atoms with van der Waals surface area (Å²) in [6.45, 7) is 5.20. The van der Waals surface area contributed by atoms with Crippen molar-refractivity contribution >= 4 is 5.69 Å². The number of aryl methyl sites for hydroxylation is 1. The van der Waals surface area contributed by atoms with Crippen LogP contribution in [0, 0.1) is 12.8 Å². The van der Waals surface area contributed by atoms with Crippen LogP contribution in [0.1, 0.15) is 35.1 Å². The number of likely N-dealkylation sites (tertiary alicyclic amines) is 1.